The number of aryl methyl sites for hydroxylation is 1. The molecule has 0 spiro atoms. The lowest BCUT2D eigenvalue weighted by Gasteiger charge is -2.19. The first-order valence-corrected chi connectivity index (χ1v) is 5.29. The van der Waals surface area contributed by atoms with Gasteiger partial charge in [-0.2, -0.15) is 5.10 Å². The van der Waals surface area contributed by atoms with Crippen molar-refractivity contribution in [1.29, 1.82) is 0 Å². The normalized spacial score (nSPS) is 12.0. The van der Waals surface area contributed by atoms with Gasteiger partial charge in [0.1, 0.15) is 0 Å². The van der Waals surface area contributed by atoms with Crippen molar-refractivity contribution in [3.05, 3.63) is 17.5 Å². The molecule has 1 heterocycles. The number of hydrogen-bond acceptors (Lipinski definition) is 2. The third-order valence-electron chi connectivity index (χ3n) is 2.00. The lowest BCUT2D eigenvalue weighted by molar-refractivity contribution is 0.421. The van der Waals surface area contributed by atoms with Crippen molar-refractivity contribution in [2.24, 2.45) is 0 Å². The Morgan fingerprint density at radius 1 is 1.43 bits per heavy atom. The summed E-state index contributed by atoms with van der Waals surface area (Å²) < 4.78 is 0. The van der Waals surface area contributed by atoms with Gasteiger partial charge in [-0.05, 0) is 33.3 Å². The van der Waals surface area contributed by atoms with Crippen LogP contribution in [0.25, 0.3) is 0 Å². The number of nitrogens with one attached hydrogen (secondary N) is 2. The molecule has 3 nitrogen and oxygen atoms in total. The van der Waals surface area contributed by atoms with Crippen LogP contribution in [0.5, 0.6) is 0 Å². The molecule has 14 heavy (non-hydrogen) atoms. The summed E-state index contributed by atoms with van der Waals surface area (Å²) in [7, 11) is 0. The van der Waals surface area contributed by atoms with Gasteiger partial charge in [0.25, 0.3) is 0 Å². The molecule has 0 saturated heterocycles. The first-order valence-electron chi connectivity index (χ1n) is 5.29. The summed E-state index contributed by atoms with van der Waals surface area (Å²) in [6, 6.07) is 2.14. The van der Waals surface area contributed by atoms with Crippen molar-refractivity contribution < 1.29 is 0 Å². The Bertz CT molecular complexity index is 270. The maximum atomic E-state index is 4.24. The number of aromatic amines is 1. The summed E-state index contributed by atoms with van der Waals surface area (Å²) in [5.74, 6) is 0. The Labute approximate surface area is 86.3 Å². The number of aromatic nitrogens is 2. The Hall–Kier alpha value is -0.830. The van der Waals surface area contributed by atoms with Crippen molar-refractivity contribution in [3.63, 3.8) is 0 Å². The molecule has 3 heteroatoms. The van der Waals surface area contributed by atoms with E-state index in [2.05, 4.69) is 49.3 Å². The molecule has 0 fully saturated rings. The zero-order chi connectivity index (χ0) is 10.6. The second-order valence-electron chi connectivity index (χ2n) is 4.74. The third kappa shape index (κ3) is 3.92. The van der Waals surface area contributed by atoms with E-state index in [4.69, 9.17) is 0 Å². The summed E-state index contributed by atoms with van der Waals surface area (Å²) in [5, 5.41) is 10.7. The van der Waals surface area contributed by atoms with Crippen LogP contribution in [0.3, 0.4) is 0 Å². The van der Waals surface area contributed by atoms with Crippen molar-refractivity contribution >= 4 is 0 Å². The topological polar surface area (TPSA) is 40.7 Å². The fraction of sp³-hybridized carbons (Fsp3) is 0.727. The molecular formula is C11H21N3. The van der Waals surface area contributed by atoms with E-state index in [1.807, 2.05) is 0 Å². The van der Waals surface area contributed by atoms with Crippen LogP contribution in [-0.4, -0.2) is 15.7 Å². The van der Waals surface area contributed by atoms with Gasteiger partial charge >= 0.3 is 0 Å². The van der Waals surface area contributed by atoms with Crippen LogP contribution >= 0.6 is 0 Å². The molecule has 1 aromatic heterocycles. The Kier molecular flexibility index (Phi) is 3.69. The van der Waals surface area contributed by atoms with Crippen molar-refractivity contribution in [2.75, 3.05) is 0 Å². The zero-order valence-corrected chi connectivity index (χ0v) is 9.65. The van der Waals surface area contributed by atoms with Gasteiger partial charge in [0.05, 0.1) is 5.69 Å². The highest BCUT2D eigenvalue weighted by Gasteiger charge is 2.09. The zero-order valence-electron chi connectivity index (χ0n) is 9.65. The Balaban J connectivity index is 2.44. The molecule has 0 amide bonds. The number of H-pyrrole nitrogens is 1. The highest BCUT2D eigenvalue weighted by Crippen LogP contribution is 2.05. The fourth-order valence-corrected chi connectivity index (χ4v) is 1.24. The van der Waals surface area contributed by atoms with Crippen LogP contribution in [0, 0.1) is 0 Å². The molecule has 0 bridgehead atoms. The molecule has 0 aliphatic carbocycles. The van der Waals surface area contributed by atoms with E-state index < -0.39 is 0 Å². The molecule has 1 rings (SSSR count). The molecule has 0 aromatic carbocycles. The third-order valence-corrected chi connectivity index (χ3v) is 2.00. The summed E-state index contributed by atoms with van der Waals surface area (Å²) in [6.45, 7) is 9.52. The van der Waals surface area contributed by atoms with Gasteiger partial charge < -0.3 is 5.32 Å². The Morgan fingerprint density at radius 2 is 2.14 bits per heavy atom. The molecule has 0 atom stereocenters. The van der Waals surface area contributed by atoms with Gasteiger partial charge in [-0.15, -0.1) is 0 Å². The van der Waals surface area contributed by atoms with Gasteiger partial charge in [-0.25, -0.2) is 0 Å². The summed E-state index contributed by atoms with van der Waals surface area (Å²) in [5.41, 5.74) is 2.50. The minimum absolute atomic E-state index is 0.163. The van der Waals surface area contributed by atoms with E-state index in [0.717, 1.165) is 19.4 Å². The van der Waals surface area contributed by atoms with Crippen molar-refractivity contribution in [1.82, 2.24) is 15.5 Å². The molecule has 1 aromatic rings. The quantitative estimate of drug-likeness (QED) is 0.773. The van der Waals surface area contributed by atoms with E-state index in [0.29, 0.717) is 0 Å². The van der Waals surface area contributed by atoms with E-state index in [-0.39, 0.29) is 5.54 Å². The number of rotatable bonds is 4. The monoisotopic (exact) mass is 195 g/mol. The van der Waals surface area contributed by atoms with E-state index >= 15 is 0 Å². The maximum absolute atomic E-state index is 4.24. The van der Waals surface area contributed by atoms with Gasteiger partial charge in [0, 0.05) is 17.8 Å². The molecule has 0 aliphatic heterocycles. The highest BCUT2D eigenvalue weighted by molar-refractivity contribution is 5.08. The van der Waals surface area contributed by atoms with E-state index in [1.165, 1.54) is 11.4 Å². The van der Waals surface area contributed by atoms with Crippen LogP contribution in [0.4, 0.5) is 0 Å². The smallest absolute Gasteiger partial charge is 0.0625 e. The maximum Gasteiger partial charge on any atom is 0.0625 e. The van der Waals surface area contributed by atoms with Crippen LogP contribution in [0.2, 0.25) is 0 Å². The van der Waals surface area contributed by atoms with Crippen LogP contribution in [0.1, 0.15) is 45.5 Å². The SMILES string of the molecule is CCCc1cc(CNC(C)(C)C)[nH]n1. The number of hydrogen-bond donors (Lipinski definition) is 2. The van der Waals surface area contributed by atoms with Gasteiger partial charge in [0.2, 0.25) is 0 Å². The average molecular weight is 195 g/mol. The lowest BCUT2D eigenvalue weighted by Crippen LogP contribution is -2.35. The molecule has 0 aliphatic rings. The van der Waals surface area contributed by atoms with Gasteiger partial charge in [-0.1, -0.05) is 13.3 Å². The highest BCUT2D eigenvalue weighted by atomic mass is 15.1. The molecule has 2 N–H and O–H groups in total. The minimum Gasteiger partial charge on any atom is -0.306 e. The van der Waals surface area contributed by atoms with Crippen LogP contribution in [0.15, 0.2) is 6.07 Å². The van der Waals surface area contributed by atoms with Gasteiger partial charge in [0.15, 0.2) is 0 Å². The predicted octanol–water partition coefficient (Wildman–Crippen LogP) is 2.25. The first-order chi connectivity index (χ1) is 6.51. The lowest BCUT2D eigenvalue weighted by atomic mass is 10.1. The van der Waals surface area contributed by atoms with Gasteiger partial charge in [-0.3, -0.25) is 5.10 Å². The molecule has 0 radical (unpaired) electrons. The summed E-state index contributed by atoms with van der Waals surface area (Å²) in [4.78, 5) is 0. The second-order valence-corrected chi connectivity index (χ2v) is 4.74. The van der Waals surface area contributed by atoms with Crippen molar-refractivity contribution in [2.45, 2.75) is 52.6 Å². The van der Waals surface area contributed by atoms with Crippen molar-refractivity contribution in [3.8, 4) is 0 Å². The van der Waals surface area contributed by atoms with E-state index in [9.17, 15) is 0 Å². The molecule has 0 saturated carbocycles. The van der Waals surface area contributed by atoms with Crippen LogP contribution < -0.4 is 5.32 Å². The minimum atomic E-state index is 0.163. The largest absolute Gasteiger partial charge is 0.306 e. The molecule has 0 unspecified atom stereocenters. The summed E-state index contributed by atoms with van der Waals surface area (Å²) in [6.07, 6.45) is 2.21. The number of nitrogens with zero attached hydrogens (tertiary/aromatic N) is 1. The standard InChI is InChI=1S/C11H21N3/c1-5-6-9-7-10(14-13-9)8-12-11(2,3)4/h7,12H,5-6,8H2,1-4H3,(H,13,14). The second kappa shape index (κ2) is 4.60. The fourth-order valence-electron chi connectivity index (χ4n) is 1.24. The van der Waals surface area contributed by atoms with Crippen LogP contribution in [-0.2, 0) is 13.0 Å². The Morgan fingerprint density at radius 3 is 2.71 bits per heavy atom. The summed E-state index contributed by atoms with van der Waals surface area (Å²) >= 11 is 0. The van der Waals surface area contributed by atoms with E-state index in [1.54, 1.807) is 0 Å². The molecule has 80 valence electrons. The average Bonchev–Trinajstić information content (AvgIpc) is 2.49. The predicted molar refractivity (Wildman–Crippen MR) is 59.2 cm³/mol. The molecular weight excluding hydrogens is 174 g/mol. The first kappa shape index (κ1) is 11.2.